The van der Waals surface area contributed by atoms with Gasteiger partial charge in [0.15, 0.2) is 0 Å². The summed E-state index contributed by atoms with van der Waals surface area (Å²) < 4.78 is 12.9. The molecule has 0 spiro atoms. The molecule has 0 fully saturated rings. The number of amides is 2. The van der Waals surface area contributed by atoms with Crippen LogP contribution in [0.2, 0.25) is 0 Å². The van der Waals surface area contributed by atoms with Crippen LogP contribution in [0.4, 0.5) is 14.9 Å². The summed E-state index contributed by atoms with van der Waals surface area (Å²) in [6.07, 6.45) is 0.209. The van der Waals surface area contributed by atoms with E-state index in [1.807, 2.05) is 0 Å². The molecule has 0 heterocycles. The maximum absolute atomic E-state index is 11.9. The third-order valence-corrected chi connectivity index (χ3v) is 3.20. The van der Waals surface area contributed by atoms with E-state index in [1.54, 1.807) is 6.07 Å². The number of rotatable bonds is 5. The predicted molar refractivity (Wildman–Crippen MR) is 76.4 cm³/mol. The highest BCUT2D eigenvalue weighted by atomic mass is 79.9. The topological polar surface area (TPSA) is 78.4 Å². The third kappa shape index (κ3) is 4.79. The molecule has 0 saturated carbocycles. The molecule has 0 aromatic heterocycles. The van der Waals surface area contributed by atoms with Gasteiger partial charge in [-0.2, -0.15) is 0 Å². The minimum absolute atomic E-state index is 0.0538. The zero-order chi connectivity index (χ0) is 14.4. The van der Waals surface area contributed by atoms with Gasteiger partial charge >= 0.3 is 12.0 Å². The number of alkyl halides is 1. The molecule has 0 saturated heterocycles. The van der Waals surface area contributed by atoms with Crippen molar-refractivity contribution in [3.8, 4) is 0 Å². The molecule has 1 aromatic rings. The predicted octanol–water partition coefficient (Wildman–Crippen LogP) is 3.39. The summed E-state index contributed by atoms with van der Waals surface area (Å²) in [6.45, 7) is -0.346. The summed E-state index contributed by atoms with van der Waals surface area (Å²) in [6, 6.07) is 2.41. The molecule has 104 valence electrons. The number of urea groups is 1. The average molecular weight is 398 g/mol. The van der Waals surface area contributed by atoms with E-state index in [-0.39, 0.29) is 24.2 Å². The van der Waals surface area contributed by atoms with Gasteiger partial charge in [-0.05, 0) is 34.5 Å². The fourth-order valence-electron chi connectivity index (χ4n) is 1.30. The first-order valence-corrected chi connectivity index (χ1v) is 6.87. The molecule has 0 aliphatic carbocycles. The van der Waals surface area contributed by atoms with Crippen LogP contribution in [0, 0.1) is 0 Å². The van der Waals surface area contributed by atoms with Crippen LogP contribution in [-0.4, -0.2) is 30.3 Å². The summed E-state index contributed by atoms with van der Waals surface area (Å²) in [4.78, 5) is 22.6. The number of benzene rings is 1. The average Bonchev–Trinajstić information content (AvgIpc) is 2.32. The van der Waals surface area contributed by atoms with Gasteiger partial charge in [-0.25, -0.2) is 9.59 Å². The highest BCUT2D eigenvalue weighted by Gasteiger charge is 2.16. The van der Waals surface area contributed by atoms with Gasteiger partial charge in [-0.1, -0.05) is 15.9 Å². The van der Waals surface area contributed by atoms with Crippen molar-refractivity contribution in [2.24, 2.45) is 0 Å². The summed E-state index contributed by atoms with van der Waals surface area (Å²) in [5, 5.41) is 13.9. The van der Waals surface area contributed by atoms with E-state index in [0.717, 1.165) is 0 Å². The van der Waals surface area contributed by atoms with E-state index in [0.29, 0.717) is 8.95 Å². The summed E-state index contributed by atoms with van der Waals surface area (Å²) in [7, 11) is 0. The molecule has 0 radical (unpaired) electrons. The van der Waals surface area contributed by atoms with Gasteiger partial charge in [0, 0.05) is 15.5 Å². The lowest BCUT2D eigenvalue weighted by Gasteiger charge is -2.12. The number of carboxylic acid groups (broad SMARTS) is 1. The lowest BCUT2D eigenvalue weighted by Crippen LogP contribution is -2.30. The van der Waals surface area contributed by atoms with E-state index >= 15 is 0 Å². The molecule has 19 heavy (non-hydrogen) atoms. The molecule has 0 aliphatic rings. The molecule has 1 rings (SSSR count). The Hall–Kier alpha value is -1.15. The van der Waals surface area contributed by atoms with Gasteiger partial charge in [0.2, 0.25) is 0 Å². The number of aromatic carboxylic acids is 1. The fourth-order valence-corrected chi connectivity index (χ4v) is 2.62. The third-order valence-electron chi connectivity index (χ3n) is 2.12. The van der Waals surface area contributed by atoms with Crippen molar-refractivity contribution in [1.29, 1.82) is 0 Å². The molecule has 3 N–H and O–H groups in total. The van der Waals surface area contributed by atoms with Gasteiger partial charge in [0.05, 0.1) is 17.9 Å². The van der Waals surface area contributed by atoms with Gasteiger partial charge < -0.3 is 15.7 Å². The molecule has 8 heteroatoms. The second-order valence-electron chi connectivity index (χ2n) is 3.54. The monoisotopic (exact) mass is 396 g/mol. The van der Waals surface area contributed by atoms with Crippen LogP contribution in [-0.2, 0) is 0 Å². The lowest BCUT2D eigenvalue weighted by atomic mass is 10.2. The second-order valence-corrected chi connectivity index (χ2v) is 5.31. The second kappa shape index (κ2) is 7.44. The molecule has 0 atom stereocenters. The zero-order valence-corrected chi connectivity index (χ0v) is 12.8. The van der Waals surface area contributed by atoms with Gasteiger partial charge in [0.25, 0.3) is 0 Å². The van der Waals surface area contributed by atoms with Crippen molar-refractivity contribution in [2.75, 3.05) is 18.5 Å². The van der Waals surface area contributed by atoms with Crippen LogP contribution in [0.1, 0.15) is 16.8 Å². The quantitative estimate of drug-likeness (QED) is 0.666. The first-order chi connectivity index (χ1) is 8.95. The van der Waals surface area contributed by atoms with Crippen molar-refractivity contribution < 1.29 is 19.1 Å². The van der Waals surface area contributed by atoms with E-state index < -0.39 is 18.7 Å². The Bertz CT molecular complexity index is 497. The van der Waals surface area contributed by atoms with Crippen molar-refractivity contribution in [1.82, 2.24) is 5.32 Å². The first-order valence-electron chi connectivity index (χ1n) is 5.29. The van der Waals surface area contributed by atoms with Gasteiger partial charge in [-0.15, -0.1) is 0 Å². The molecular weight excluding hydrogens is 387 g/mol. The summed E-state index contributed by atoms with van der Waals surface area (Å²) in [5.41, 5.74) is 0.0929. The lowest BCUT2D eigenvalue weighted by molar-refractivity contribution is 0.0698. The standard InChI is InChI=1S/C11H11Br2FN2O3/c12-6-4-7(10(17)18)9(8(13)5-6)16-11(19)15-3-1-2-14/h4-5H,1-3H2,(H,17,18)(H2,15,16,19). The van der Waals surface area contributed by atoms with Crippen LogP contribution < -0.4 is 10.6 Å². The molecule has 5 nitrogen and oxygen atoms in total. The molecule has 0 unspecified atom stereocenters. The molecule has 1 aromatic carbocycles. The number of hydrogen-bond donors (Lipinski definition) is 3. The van der Waals surface area contributed by atoms with Crippen molar-refractivity contribution in [3.63, 3.8) is 0 Å². The zero-order valence-electron chi connectivity index (χ0n) is 9.67. The normalized spacial score (nSPS) is 10.1. The molecule has 0 bridgehead atoms. The minimum atomic E-state index is -1.17. The van der Waals surface area contributed by atoms with Crippen LogP contribution in [0.15, 0.2) is 21.1 Å². The van der Waals surface area contributed by atoms with E-state index in [9.17, 15) is 14.0 Å². The Morgan fingerprint density at radius 1 is 1.32 bits per heavy atom. The van der Waals surface area contributed by atoms with Crippen molar-refractivity contribution >= 4 is 49.5 Å². The van der Waals surface area contributed by atoms with Crippen LogP contribution in [0.25, 0.3) is 0 Å². The van der Waals surface area contributed by atoms with Gasteiger partial charge in [0.1, 0.15) is 0 Å². The van der Waals surface area contributed by atoms with Crippen LogP contribution >= 0.6 is 31.9 Å². The first kappa shape index (κ1) is 15.9. The van der Waals surface area contributed by atoms with Crippen molar-refractivity contribution in [2.45, 2.75) is 6.42 Å². The van der Waals surface area contributed by atoms with E-state index in [4.69, 9.17) is 5.11 Å². The highest BCUT2D eigenvalue weighted by molar-refractivity contribution is 9.11. The van der Waals surface area contributed by atoms with Crippen LogP contribution in [0.5, 0.6) is 0 Å². The fraction of sp³-hybridized carbons (Fsp3) is 0.273. The number of nitrogens with one attached hydrogen (secondary N) is 2. The molecule has 2 amide bonds. The Morgan fingerprint density at radius 2 is 2.00 bits per heavy atom. The van der Waals surface area contributed by atoms with Crippen LogP contribution in [0.3, 0.4) is 0 Å². The molecular formula is C11H11Br2FN2O3. The smallest absolute Gasteiger partial charge is 0.337 e. The van der Waals surface area contributed by atoms with E-state index in [1.165, 1.54) is 6.07 Å². The minimum Gasteiger partial charge on any atom is -0.478 e. The molecule has 0 aliphatic heterocycles. The van der Waals surface area contributed by atoms with Crippen molar-refractivity contribution in [3.05, 3.63) is 26.6 Å². The number of carbonyl (C=O) groups excluding carboxylic acids is 1. The number of hydrogen-bond acceptors (Lipinski definition) is 2. The Kier molecular flexibility index (Phi) is 6.23. The Morgan fingerprint density at radius 3 is 2.58 bits per heavy atom. The highest BCUT2D eigenvalue weighted by Crippen LogP contribution is 2.30. The Balaban J connectivity index is 2.88. The van der Waals surface area contributed by atoms with Gasteiger partial charge in [-0.3, -0.25) is 4.39 Å². The van der Waals surface area contributed by atoms with E-state index in [2.05, 4.69) is 42.5 Å². The SMILES string of the molecule is O=C(NCCCF)Nc1c(Br)cc(Br)cc1C(=O)O. The number of anilines is 1. The number of halogens is 3. The maximum atomic E-state index is 11.9. The maximum Gasteiger partial charge on any atom is 0.337 e. The number of carbonyl (C=O) groups is 2. The summed E-state index contributed by atoms with van der Waals surface area (Å²) in [5.74, 6) is -1.17. The largest absolute Gasteiger partial charge is 0.478 e. The Labute approximate surface area is 125 Å². The summed E-state index contributed by atoms with van der Waals surface area (Å²) >= 11 is 6.35. The number of carboxylic acids is 1.